The first kappa shape index (κ1) is 23.2. The normalized spacial score (nSPS) is 11.3. The molecule has 0 fully saturated rings. The zero-order valence-corrected chi connectivity index (χ0v) is 17.5. The number of alkyl halides is 3. The molecule has 0 heterocycles. The summed E-state index contributed by atoms with van der Waals surface area (Å²) in [5.41, 5.74) is 2.32. The van der Waals surface area contributed by atoms with Gasteiger partial charge in [-0.2, -0.15) is 13.2 Å². The molecule has 0 aromatic heterocycles. The van der Waals surface area contributed by atoms with Gasteiger partial charge in [-0.3, -0.25) is 9.59 Å². The van der Waals surface area contributed by atoms with E-state index in [2.05, 4.69) is 0 Å². The van der Waals surface area contributed by atoms with Crippen LogP contribution in [0.15, 0.2) is 66.7 Å². The molecular weight excluding hydrogens is 422 g/mol. The number of rotatable bonds is 6. The highest BCUT2D eigenvalue weighted by Gasteiger charge is 2.30. The maximum atomic E-state index is 13.2. The monoisotopic (exact) mass is 443 g/mol. The van der Waals surface area contributed by atoms with E-state index in [0.29, 0.717) is 11.3 Å². The zero-order valence-electron chi connectivity index (χ0n) is 17.5. The second kappa shape index (κ2) is 9.34. The van der Waals surface area contributed by atoms with Gasteiger partial charge in [0.25, 0.3) is 11.7 Å². The van der Waals surface area contributed by atoms with Crippen molar-refractivity contribution in [1.82, 2.24) is 0 Å². The van der Waals surface area contributed by atoms with E-state index in [9.17, 15) is 27.2 Å². The Morgan fingerprint density at radius 3 is 2.03 bits per heavy atom. The molecule has 0 saturated carbocycles. The molecule has 3 rings (SSSR count). The van der Waals surface area contributed by atoms with Crippen LogP contribution in [0.1, 0.15) is 32.6 Å². The molecule has 0 aliphatic rings. The third-order valence-corrected chi connectivity index (χ3v) is 5.25. The largest absolute Gasteiger partial charge is 0.416 e. The molecule has 3 nitrogen and oxygen atoms in total. The number of nitrogens with zero attached hydrogens (tertiary/aromatic N) is 1. The lowest BCUT2D eigenvalue weighted by atomic mass is 10.1. The standard InChI is InChI=1S/C25H21F4NO2/c1-16-3-12-22(15-17(16)2)30(24(32)23(31)19-6-10-21(26)11-7-19)14-13-18-4-8-20(9-5-18)25(27,28)29/h3-12,15H,13-14H2,1-2H3. The van der Waals surface area contributed by atoms with Crippen LogP contribution in [-0.4, -0.2) is 18.2 Å². The number of carbonyl (C=O) groups is 2. The summed E-state index contributed by atoms with van der Waals surface area (Å²) in [5.74, 6) is -2.12. The van der Waals surface area contributed by atoms with E-state index in [4.69, 9.17) is 0 Å². The topological polar surface area (TPSA) is 37.4 Å². The molecule has 0 spiro atoms. The van der Waals surface area contributed by atoms with Crippen molar-refractivity contribution in [2.75, 3.05) is 11.4 Å². The number of anilines is 1. The van der Waals surface area contributed by atoms with Crippen LogP contribution in [0, 0.1) is 19.7 Å². The molecule has 0 aliphatic carbocycles. The maximum Gasteiger partial charge on any atom is 0.416 e. The van der Waals surface area contributed by atoms with Gasteiger partial charge in [0.1, 0.15) is 5.82 Å². The summed E-state index contributed by atoms with van der Waals surface area (Å²) >= 11 is 0. The van der Waals surface area contributed by atoms with Crippen molar-refractivity contribution < 1.29 is 27.2 Å². The van der Waals surface area contributed by atoms with E-state index in [-0.39, 0.29) is 18.5 Å². The number of carbonyl (C=O) groups excluding carboxylic acids is 2. The summed E-state index contributed by atoms with van der Waals surface area (Å²) in [4.78, 5) is 27.1. The zero-order chi connectivity index (χ0) is 23.5. The number of ketones is 1. The fourth-order valence-electron chi connectivity index (χ4n) is 3.19. The van der Waals surface area contributed by atoms with Crippen LogP contribution in [0.5, 0.6) is 0 Å². The number of hydrogen-bond donors (Lipinski definition) is 0. The Morgan fingerprint density at radius 1 is 0.844 bits per heavy atom. The Kier molecular flexibility index (Phi) is 6.77. The predicted octanol–water partition coefficient (Wildman–Crippen LogP) is 5.92. The van der Waals surface area contributed by atoms with Gasteiger partial charge >= 0.3 is 6.18 Å². The Labute approximate surface area is 183 Å². The maximum absolute atomic E-state index is 13.2. The average Bonchev–Trinajstić information content (AvgIpc) is 2.76. The Hall–Kier alpha value is -3.48. The summed E-state index contributed by atoms with van der Waals surface area (Å²) in [6.45, 7) is 3.87. The van der Waals surface area contributed by atoms with Gasteiger partial charge in [0.05, 0.1) is 5.56 Å². The van der Waals surface area contributed by atoms with Crippen LogP contribution in [-0.2, 0) is 17.4 Å². The van der Waals surface area contributed by atoms with Gasteiger partial charge in [-0.15, -0.1) is 0 Å². The molecule has 3 aromatic rings. The molecule has 0 unspecified atom stereocenters. The molecule has 32 heavy (non-hydrogen) atoms. The predicted molar refractivity (Wildman–Crippen MR) is 114 cm³/mol. The fourth-order valence-corrected chi connectivity index (χ4v) is 3.19. The number of hydrogen-bond acceptors (Lipinski definition) is 2. The van der Waals surface area contributed by atoms with Gasteiger partial charge in [0, 0.05) is 17.8 Å². The van der Waals surface area contributed by atoms with Gasteiger partial charge < -0.3 is 4.90 Å². The summed E-state index contributed by atoms with van der Waals surface area (Å²) < 4.78 is 51.6. The van der Waals surface area contributed by atoms with Crippen molar-refractivity contribution in [3.05, 3.63) is 100 Å². The quantitative estimate of drug-likeness (QED) is 0.269. The van der Waals surface area contributed by atoms with Crippen LogP contribution in [0.4, 0.5) is 23.2 Å². The first-order chi connectivity index (χ1) is 15.1. The number of Topliss-reactive ketones (excluding diaryl/α,β-unsaturated/α-hetero) is 1. The van der Waals surface area contributed by atoms with Crippen molar-refractivity contribution in [1.29, 1.82) is 0 Å². The van der Waals surface area contributed by atoms with Gasteiger partial charge in [0.15, 0.2) is 0 Å². The molecule has 0 aliphatic heterocycles. The van der Waals surface area contributed by atoms with E-state index >= 15 is 0 Å². The van der Waals surface area contributed by atoms with E-state index in [1.807, 2.05) is 19.9 Å². The van der Waals surface area contributed by atoms with Crippen LogP contribution in [0.2, 0.25) is 0 Å². The Balaban J connectivity index is 1.86. The van der Waals surface area contributed by atoms with Crippen molar-refractivity contribution in [3.8, 4) is 0 Å². The summed E-state index contributed by atoms with van der Waals surface area (Å²) in [7, 11) is 0. The van der Waals surface area contributed by atoms with Crippen molar-refractivity contribution in [3.63, 3.8) is 0 Å². The van der Waals surface area contributed by atoms with Crippen molar-refractivity contribution in [2.24, 2.45) is 0 Å². The number of benzene rings is 3. The molecule has 0 radical (unpaired) electrons. The molecule has 0 N–H and O–H groups in total. The van der Waals surface area contributed by atoms with Crippen LogP contribution in [0.25, 0.3) is 0 Å². The highest BCUT2D eigenvalue weighted by molar-refractivity contribution is 6.47. The number of amides is 1. The van der Waals surface area contributed by atoms with Crippen LogP contribution < -0.4 is 4.90 Å². The molecule has 0 saturated heterocycles. The minimum absolute atomic E-state index is 0.0553. The summed E-state index contributed by atoms with van der Waals surface area (Å²) in [5, 5.41) is 0. The summed E-state index contributed by atoms with van der Waals surface area (Å²) in [6.07, 6.45) is -4.19. The van der Waals surface area contributed by atoms with Crippen LogP contribution in [0.3, 0.4) is 0 Å². The first-order valence-corrected chi connectivity index (χ1v) is 9.91. The lowest BCUT2D eigenvalue weighted by Gasteiger charge is -2.23. The summed E-state index contributed by atoms with van der Waals surface area (Å²) in [6, 6.07) is 14.7. The lowest BCUT2D eigenvalue weighted by molar-refractivity contribution is -0.137. The SMILES string of the molecule is Cc1ccc(N(CCc2ccc(C(F)(F)F)cc2)C(=O)C(=O)c2ccc(F)cc2)cc1C. The minimum atomic E-state index is -4.43. The fraction of sp³-hybridized carbons (Fsp3) is 0.200. The minimum Gasteiger partial charge on any atom is -0.305 e. The van der Waals surface area contributed by atoms with E-state index in [0.717, 1.165) is 35.4 Å². The van der Waals surface area contributed by atoms with Gasteiger partial charge in [-0.1, -0.05) is 18.2 Å². The molecular formula is C25H21F4NO2. The molecule has 3 aromatic carbocycles. The molecule has 1 amide bonds. The van der Waals surface area contributed by atoms with Gasteiger partial charge in [-0.05, 0) is 85.5 Å². The Bertz CT molecular complexity index is 1120. The van der Waals surface area contributed by atoms with Crippen LogP contribution >= 0.6 is 0 Å². The molecule has 7 heteroatoms. The van der Waals surface area contributed by atoms with Gasteiger partial charge in [0.2, 0.25) is 0 Å². The van der Waals surface area contributed by atoms with Crippen molar-refractivity contribution >= 4 is 17.4 Å². The molecule has 0 atom stereocenters. The Morgan fingerprint density at radius 2 is 1.47 bits per heavy atom. The third-order valence-electron chi connectivity index (χ3n) is 5.25. The van der Waals surface area contributed by atoms with E-state index < -0.39 is 29.2 Å². The lowest BCUT2D eigenvalue weighted by Crippen LogP contribution is -2.38. The second-order valence-electron chi connectivity index (χ2n) is 7.51. The van der Waals surface area contributed by atoms with E-state index in [1.54, 1.807) is 12.1 Å². The average molecular weight is 443 g/mol. The third kappa shape index (κ3) is 5.41. The second-order valence-corrected chi connectivity index (χ2v) is 7.51. The number of halogens is 4. The van der Waals surface area contributed by atoms with Gasteiger partial charge in [-0.25, -0.2) is 4.39 Å². The number of aryl methyl sites for hydroxylation is 2. The molecule has 0 bridgehead atoms. The first-order valence-electron chi connectivity index (χ1n) is 9.91. The smallest absolute Gasteiger partial charge is 0.305 e. The van der Waals surface area contributed by atoms with Crippen molar-refractivity contribution in [2.45, 2.75) is 26.4 Å². The van der Waals surface area contributed by atoms with E-state index in [1.165, 1.54) is 29.2 Å². The molecule has 166 valence electrons. The highest BCUT2D eigenvalue weighted by atomic mass is 19.4. The highest BCUT2D eigenvalue weighted by Crippen LogP contribution is 2.29.